The number of aryl methyl sites for hydroxylation is 1. The van der Waals surface area contributed by atoms with Crippen LogP contribution in [0, 0.1) is 12.8 Å². The molecule has 1 fully saturated rings. The molecule has 0 amide bonds. The van der Waals surface area contributed by atoms with Crippen molar-refractivity contribution in [2.24, 2.45) is 5.92 Å². The first kappa shape index (κ1) is 8.94. The second-order valence-electron chi connectivity index (χ2n) is 3.59. The number of nitrogens with zero attached hydrogens (tertiary/aromatic N) is 2. The van der Waals surface area contributed by atoms with E-state index in [2.05, 4.69) is 38.1 Å². The molecule has 1 saturated carbocycles. The molecule has 1 heterocycles. The Bertz CT molecular complexity index is 306. The molecule has 0 saturated heterocycles. The van der Waals surface area contributed by atoms with E-state index in [9.17, 15) is 0 Å². The Morgan fingerprint density at radius 2 is 2.23 bits per heavy atom. The van der Waals surface area contributed by atoms with Crippen LogP contribution in [0.1, 0.15) is 19.2 Å². The summed E-state index contributed by atoms with van der Waals surface area (Å²) in [5, 5.41) is 3.37. The van der Waals surface area contributed by atoms with Gasteiger partial charge in [0.15, 0.2) is 0 Å². The van der Waals surface area contributed by atoms with Gasteiger partial charge in [-0.25, -0.2) is 9.97 Å². The van der Waals surface area contributed by atoms with Crippen LogP contribution in [-0.2, 0) is 0 Å². The van der Waals surface area contributed by atoms with Gasteiger partial charge >= 0.3 is 0 Å². The molecule has 0 aliphatic heterocycles. The Hall–Kier alpha value is -0.640. The normalized spacial score (nSPS) is 25.8. The van der Waals surface area contributed by atoms with Gasteiger partial charge < -0.3 is 5.32 Å². The van der Waals surface area contributed by atoms with Crippen LogP contribution < -0.4 is 5.32 Å². The zero-order chi connectivity index (χ0) is 9.42. The largest absolute Gasteiger partial charge is 0.367 e. The summed E-state index contributed by atoms with van der Waals surface area (Å²) in [4.78, 5) is 8.44. The molecule has 0 radical (unpaired) electrons. The predicted octanol–water partition coefficient (Wildman–Crippen LogP) is 2.37. The molecule has 2 rings (SSSR count). The van der Waals surface area contributed by atoms with Gasteiger partial charge in [-0.15, -0.1) is 0 Å². The number of hydrogen-bond acceptors (Lipinski definition) is 3. The summed E-state index contributed by atoms with van der Waals surface area (Å²) in [6.45, 7) is 4.13. The van der Waals surface area contributed by atoms with E-state index in [1.54, 1.807) is 0 Å². The number of aromatic nitrogens is 2. The van der Waals surface area contributed by atoms with Crippen LogP contribution in [-0.4, -0.2) is 16.0 Å². The van der Waals surface area contributed by atoms with Crippen LogP contribution in [0.15, 0.2) is 10.7 Å². The maximum Gasteiger partial charge on any atom is 0.131 e. The number of halogens is 1. The van der Waals surface area contributed by atoms with E-state index in [1.165, 1.54) is 6.42 Å². The number of anilines is 1. The highest BCUT2D eigenvalue weighted by atomic mass is 79.9. The highest BCUT2D eigenvalue weighted by Gasteiger charge is 2.32. The van der Waals surface area contributed by atoms with Crippen molar-refractivity contribution in [3.8, 4) is 0 Å². The Morgan fingerprint density at radius 3 is 2.77 bits per heavy atom. The molecule has 3 nitrogen and oxygen atoms in total. The molecule has 0 spiro atoms. The van der Waals surface area contributed by atoms with Crippen molar-refractivity contribution < 1.29 is 0 Å². The lowest BCUT2D eigenvalue weighted by atomic mass is 10.4. The third-order valence-electron chi connectivity index (χ3n) is 2.25. The standard InChI is InChI=1S/C9H12BrN3/c1-5-3-7(5)13-9-4-8(10)11-6(2)12-9/h4-5,7H,3H2,1-2H3,(H,11,12,13). The molecular formula is C9H12BrN3. The van der Waals surface area contributed by atoms with Crippen molar-refractivity contribution in [2.45, 2.75) is 26.3 Å². The first-order chi connectivity index (χ1) is 6.15. The molecular weight excluding hydrogens is 230 g/mol. The minimum absolute atomic E-state index is 0.612. The minimum Gasteiger partial charge on any atom is -0.367 e. The van der Waals surface area contributed by atoms with E-state index in [4.69, 9.17) is 0 Å². The van der Waals surface area contributed by atoms with Crippen LogP contribution >= 0.6 is 15.9 Å². The quantitative estimate of drug-likeness (QED) is 0.809. The summed E-state index contributed by atoms with van der Waals surface area (Å²) in [6, 6.07) is 2.53. The van der Waals surface area contributed by atoms with Crippen LogP contribution in [0.5, 0.6) is 0 Å². The maximum absolute atomic E-state index is 4.30. The first-order valence-electron chi connectivity index (χ1n) is 4.43. The van der Waals surface area contributed by atoms with Crippen molar-refractivity contribution >= 4 is 21.7 Å². The first-order valence-corrected chi connectivity index (χ1v) is 5.22. The zero-order valence-electron chi connectivity index (χ0n) is 7.71. The Morgan fingerprint density at radius 1 is 1.54 bits per heavy atom. The molecule has 1 aliphatic rings. The number of hydrogen-bond donors (Lipinski definition) is 1. The van der Waals surface area contributed by atoms with Crippen molar-refractivity contribution in [2.75, 3.05) is 5.32 Å². The van der Waals surface area contributed by atoms with Crippen molar-refractivity contribution in [1.82, 2.24) is 9.97 Å². The van der Waals surface area contributed by atoms with Gasteiger partial charge in [-0.2, -0.15) is 0 Å². The van der Waals surface area contributed by atoms with E-state index in [1.807, 2.05) is 13.0 Å². The van der Waals surface area contributed by atoms with Gasteiger partial charge in [0.25, 0.3) is 0 Å². The molecule has 0 aromatic carbocycles. The summed E-state index contributed by atoms with van der Waals surface area (Å²) in [5.41, 5.74) is 0. The van der Waals surface area contributed by atoms with Crippen molar-refractivity contribution in [3.63, 3.8) is 0 Å². The molecule has 1 aromatic heterocycles. The maximum atomic E-state index is 4.30. The van der Waals surface area contributed by atoms with Crippen LogP contribution in [0.25, 0.3) is 0 Å². The lowest BCUT2D eigenvalue weighted by Gasteiger charge is -2.04. The van der Waals surface area contributed by atoms with Gasteiger partial charge in [0.05, 0.1) is 0 Å². The van der Waals surface area contributed by atoms with Crippen LogP contribution in [0.4, 0.5) is 5.82 Å². The second kappa shape index (κ2) is 3.25. The van der Waals surface area contributed by atoms with E-state index >= 15 is 0 Å². The van der Waals surface area contributed by atoms with Gasteiger partial charge in [0, 0.05) is 12.1 Å². The molecule has 2 atom stereocenters. The fraction of sp³-hybridized carbons (Fsp3) is 0.556. The highest BCUT2D eigenvalue weighted by molar-refractivity contribution is 9.10. The lowest BCUT2D eigenvalue weighted by molar-refractivity contribution is 0.915. The van der Waals surface area contributed by atoms with Gasteiger partial charge in [0.1, 0.15) is 16.2 Å². The molecule has 0 bridgehead atoms. The smallest absolute Gasteiger partial charge is 0.131 e. The van der Waals surface area contributed by atoms with Crippen LogP contribution in [0.3, 0.4) is 0 Å². The third-order valence-corrected chi connectivity index (χ3v) is 2.66. The lowest BCUT2D eigenvalue weighted by Crippen LogP contribution is -2.06. The molecule has 70 valence electrons. The van der Waals surface area contributed by atoms with Gasteiger partial charge in [0.2, 0.25) is 0 Å². The average Bonchev–Trinajstić information content (AvgIpc) is 2.63. The van der Waals surface area contributed by atoms with Crippen molar-refractivity contribution in [1.29, 1.82) is 0 Å². The summed E-state index contributed by atoms with van der Waals surface area (Å²) in [6.07, 6.45) is 1.25. The minimum atomic E-state index is 0.612. The van der Waals surface area contributed by atoms with E-state index in [0.717, 1.165) is 22.2 Å². The Labute approximate surface area is 86.1 Å². The van der Waals surface area contributed by atoms with Crippen LogP contribution in [0.2, 0.25) is 0 Å². The molecule has 2 unspecified atom stereocenters. The summed E-state index contributed by atoms with van der Waals surface area (Å²) >= 11 is 3.35. The number of nitrogens with one attached hydrogen (secondary N) is 1. The molecule has 1 aliphatic carbocycles. The van der Waals surface area contributed by atoms with Gasteiger partial charge in [-0.3, -0.25) is 0 Å². The SMILES string of the molecule is Cc1nc(Br)cc(NC2CC2C)n1. The van der Waals surface area contributed by atoms with Gasteiger partial charge in [-0.1, -0.05) is 6.92 Å². The summed E-state index contributed by atoms with van der Waals surface area (Å²) < 4.78 is 0.843. The summed E-state index contributed by atoms with van der Waals surface area (Å²) in [7, 11) is 0. The topological polar surface area (TPSA) is 37.8 Å². The third kappa shape index (κ3) is 2.18. The Kier molecular flexibility index (Phi) is 2.24. The molecule has 1 N–H and O–H groups in total. The van der Waals surface area contributed by atoms with E-state index in [0.29, 0.717) is 6.04 Å². The van der Waals surface area contributed by atoms with E-state index < -0.39 is 0 Å². The molecule has 1 aromatic rings. The highest BCUT2D eigenvalue weighted by Crippen LogP contribution is 2.32. The molecule has 13 heavy (non-hydrogen) atoms. The predicted molar refractivity (Wildman–Crippen MR) is 55.7 cm³/mol. The second-order valence-corrected chi connectivity index (χ2v) is 4.40. The van der Waals surface area contributed by atoms with Gasteiger partial charge in [-0.05, 0) is 35.2 Å². The number of rotatable bonds is 2. The Balaban J connectivity index is 2.11. The fourth-order valence-corrected chi connectivity index (χ4v) is 1.79. The molecule has 4 heteroatoms. The van der Waals surface area contributed by atoms with Crippen molar-refractivity contribution in [3.05, 3.63) is 16.5 Å². The zero-order valence-corrected chi connectivity index (χ0v) is 9.30. The summed E-state index contributed by atoms with van der Waals surface area (Å²) in [5.74, 6) is 2.51. The fourth-order valence-electron chi connectivity index (χ4n) is 1.32. The average molecular weight is 242 g/mol. The monoisotopic (exact) mass is 241 g/mol. The van der Waals surface area contributed by atoms with E-state index in [-0.39, 0.29) is 0 Å².